The number of nitrogens with zero attached hydrogens (tertiary/aromatic N) is 1. The number of alkyl halides is 1. The molecule has 0 bridgehead atoms. The van der Waals surface area contributed by atoms with Crippen LogP contribution in [-0.2, 0) is 0 Å². The first-order valence-corrected chi connectivity index (χ1v) is 5.45. The number of hydrogen-bond donors (Lipinski definition) is 0. The van der Waals surface area contributed by atoms with Gasteiger partial charge in [-0.1, -0.05) is 46.3 Å². The molecule has 0 amide bonds. The summed E-state index contributed by atoms with van der Waals surface area (Å²) in [5.41, 5.74) is 1.37. The minimum absolute atomic E-state index is 0.482. The average molecular weight is 242 g/mol. The van der Waals surface area contributed by atoms with Crippen LogP contribution in [0.5, 0.6) is 0 Å². The topological polar surface area (TPSA) is 3.24 Å². The van der Waals surface area contributed by atoms with Gasteiger partial charge in [-0.25, -0.2) is 0 Å². The van der Waals surface area contributed by atoms with Gasteiger partial charge in [0.05, 0.1) is 0 Å². The van der Waals surface area contributed by atoms with Crippen LogP contribution in [0.1, 0.15) is 16.8 Å². The van der Waals surface area contributed by atoms with Gasteiger partial charge in [0, 0.05) is 4.83 Å². The molecule has 0 N–H and O–H groups in total. The molecule has 0 radical (unpaired) electrons. The van der Waals surface area contributed by atoms with E-state index >= 15 is 0 Å². The first kappa shape index (κ1) is 10.7. The fourth-order valence-corrected chi connectivity index (χ4v) is 1.71. The summed E-state index contributed by atoms with van der Waals surface area (Å²) in [5, 5.41) is 0. The first-order chi connectivity index (χ1) is 6.20. The summed E-state index contributed by atoms with van der Waals surface area (Å²) in [6, 6.07) is 10.5. The van der Waals surface area contributed by atoms with Crippen LogP contribution in [0.15, 0.2) is 30.3 Å². The molecule has 0 aliphatic carbocycles. The quantitative estimate of drug-likeness (QED) is 0.733. The van der Waals surface area contributed by atoms with Crippen molar-refractivity contribution in [2.45, 2.75) is 11.2 Å². The first-order valence-electron chi connectivity index (χ1n) is 4.54. The predicted octanol–water partition coefficient (Wildman–Crippen LogP) is 3.07. The zero-order valence-corrected chi connectivity index (χ0v) is 9.79. The Labute approximate surface area is 88.9 Å². The normalized spacial score (nSPS) is 13.2. The van der Waals surface area contributed by atoms with E-state index < -0.39 is 0 Å². The molecule has 0 saturated carbocycles. The molecular weight excluding hydrogens is 226 g/mol. The summed E-state index contributed by atoms with van der Waals surface area (Å²) in [5.74, 6) is 0. The van der Waals surface area contributed by atoms with Crippen LogP contribution in [0.2, 0.25) is 0 Å². The second kappa shape index (κ2) is 5.40. The van der Waals surface area contributed by atoms with Gasteiger partial charge in [0.15, 0.2) is 0 Å². The monoisotopic (exact) mass is 241 g/mol. The van der Waals surface area contributed by atoms with Crippen molar-refractivity contribution in [3.8, 4) is 0 Å². The molecule has 0 heterocycles. The third-order valence-corrected chi connectivity index (χ3v) is 2.98. The zero-order valence-electron chi connectivity index (χ0n) is 8.20. The van der Waals surface area contributed by atoms with Crippen LogP contribution in [0.25, 0.3) is 0 Å². The predicted molar refractivity (Wildman–Crippen MR) is 61.3 cm³/mol. The van der Waals surface area contributed by atoms with Gasteiger partial charge >= 0.3 is 0 Å². The Morgan fingerprint density at radius 2 is 1.85 bits per heavy atom. The molecule has 0 fully saturated rings. The lowest BCUT2D eigenvalue weighted by Crippen LogP contribution is -2.14. The summed E-state index contributed by atoms with van der Waals surface area (Å²) in [6.07, 6.45) is 1.15. The van der Waals surface area contributed by atoms with E-state index in [0.29, 0.717) is 4.83 Å². The standard InChI is InChI=1S/C11H16BrN/c1-13(2)9-8-11(12)10-6-4-3-5-7-10/h3-7,11H,8-9H2,1-2H3. The molecule has 1 aromatic rings. The molecule has 2 heteroatoms. The lowest BCUT2D eigenvalue weighted by atomic mass is 10.1. The SMILES string of the molecule is CN(C)CCC(Br)c1ccccc1. The van der Waals surface area contributed by atoms with Crippen molar-refractivity contribution < 1.29 is 0 Å². The number of benzene rings is 1. The van der Waals surface area contributed by atoms with Crippen molar-refractivity contribution in [3.63, 3.8) is 0 Å². The van der Waals surface area contributed by atoms with Gasteiger partial charge in [0.1, 0.15) is 0 Å². The third kappa shape index (κ3) is 3.92. The van der Waals surface area contributed by atoms with Crippen molar-refractivity contribution >= 4 is 15.9 Å². The Kier molecular flexibility index (Phi) is 4.46. The van der Waals surface area contributed by atoms with Gasteiger partial charge in [-0.3, -0.25) is 0 Å². The molecule has 1 unspecified atom stereocenters. The maximum Gasteiger partial charge on any atom is 0.0407 e. The van der Waals surface area contributed by atoms with E-state index in [1.54, 1.807) is 0 Å². The molecule has 0 aromatic heterocycles. The fraction of sp³-hybridized carbons (Fsp3) is 0.455. The maximum absolute atomic E-state index is 3.69. The number of hydrogen-bond acceptors (Lipinski definition) is 1. The van der Waals surface area contributed by atoms with Crippen molar-refractivity contribution in [3.05, 3.63) is 35.9 Å². The van der Waals surface area contributed by atoms with Crippen molar-refractivity contribution in [2.75, 3.05) is 20.6 Å². The van der Waals surface area contributed by atoms with Crippen molar-refractivity contribution in [2.24, 2.45) is 0 Å². The lowest BCUT2D eigenvalue weighted by Gasteiger charge is -2.13. The maximum atomic E-state index is 3.69. The van der Waals surface area contributed by atoms with Gasteiger partial charge in [-0.2, -0.15) is 0 Å². The van der Waals surface area contributed by atoms with Gasteiger partial charge in [-0.15, -0.1) is 0 Å². The highest BCUT2D eigenvalue weighted by Crippen LogP contribution is 2.25. The molecular formula is C11H16BrN. The molecule has 1 aromatic carbocycles. The summed E-state index contributed by atoms with van der Waals surface area (Å²) >= 11 is 3.69. The van der Waals surface area contributed by atoms with Gasteiger partial charge in [0.2, 0.25) is 0 Å². The highest BCUT2D eigenvalue weighted by atomic mass is 79.9. The van der Waals surface area contributed by atoms with E-state index in [1.165, 1.54) is 5.56 Å². The molecule has 0 spiro atoms. The summed E-state index contributed by atoms with van der Waals surface area (Å²) in [7, 11) is 4.20. The van der Waals surface area contributed by atoms with Crippen LogP contribution < -0.4 is 0 Å². The minimum Gasteiger partial charge on any atom is -0.309 e. The third-order valence-electron chi connectivity index (χ3n) is 1.99. The Morgan fingerprint density at radius 3 is 2.38 bits per heavy atom. The van der Waals surface area contributed by atoms with Crippen LogP contribution in [0.4, 0.5) is 0 Å². The minimum atomic E-state index is 0.482. The molecule has 1 rings (SSSR count). The van der Waals surface area contributed by atoms with E-state index in [-0.39, 0.29) is 0 Å². The Morgan fingerprint density at radius 1 is 1.23 bits per heavy atom. The van der Waals surface area contributed by atoms with E-state index in [0.717, 1.165) is 13.0 Å². The van der Waals surface area contributed by atoms with Crippen LogP contribution >= 0.6 is 15.9 Å². The molecule has 0 aliphatic heterocycles. The molecule has 1 atom stereocenters. The van der Waals surface area contributed by atoms with Crippen LogP contribution in [0.3, 0.4) is 0 Å². The van der Waals surface area contributed by atoms with E-state index in [9.17, 15) is 0 Å². The summed E-state index contributed by atoms with van der Waals surface area (Å²) in [6.45, 7) is 1.12. The zero-order chi connectivity index (χ0) is 9.68. The molecule has 0 aliphatic rings. The Hall–Kier alpha value is -0.340. The van der Waals surface area contributed by atoms with E-state index in [4.69, 9.17) is 0 Å². The van der Waals surface area contributed by atoms with Crippen molar-refractivity contribution in [1.29, 1.82) is 0 Å². The molecule has 13 heavy (non-hydrogen) atoms. The molecule has 72 valence electrons. The Balaban J connectivity index is 2.44. The van der Waals surface area contributed by atoms with E-state index in [1.807, 2.05) is 0 Å². The van der Waals surface area contributed by atoms with Crippen LogP contribution in [0, 0.1) is 0 Å². The van der Waals surface area contributed by atoms with Gasteiger partial charge in [-0.05, 0) is 32.6 Å². The largest absolute Gasteiger partial charge is 0.309 e. The fourth-order valence-electron chi connectivity index (χ4n) is 1.20. The number of rotatable bonds is 4. The highest BCUT2D eigenvalue weighted by molar-refractivity contribution is 9.09. The molecule has 0 saturated heterocycles. The second-order valence-corrected chi connectivity index (χ2v) is 4.58. The van der Waals surface area contributed by atoms with Crippen molar-refractivity contribution in [1.82, 2.24) is 4.90 Å². The lowest BCUT2D eigenvalue weighted by molar-refractivity contribution is 0.399. The van der Waals surface area contributed by atoms with Gasteiger partial charge < -0.3 is 4.90 Å². The van der Waals surface area contributed by atoms with Gasteiger partial charge in [0.25, 0.3) is 0 Å². The molecule has 1 nitrogen and oxygen atoms in total. The number of halogens is 1. The average Bonchev–Trinajstić information content (AvgIpc) is 2.15. The second-order valence-electron chi connectivity index (χ2n) is 3.47. The highest BCUT2D eigenvalue weighted by Gasteiger charge is 2.06. The van der Waals surface area contributed by atoms with E-state index in [2.05, 4.69) is 65.3 Å². The van der Waals surface area contributed by atoms with Crippen LogP contribution in [-0.4, -0.2) is 25.5 Å². The smallest absolute Gasteiger partial charge is 0.0407 e. The Bertz CT molecular complexity index is 233. The summed E-state index contributed by atoms with van der Waals surface area (Å²) in [4.78, 5) is 2.69. The summed E-state index contributed by atoms with van der Waals surface area (Å²) < 4.78 is 0.